The Morgan fingerprint density at radius 3 is 2.54 bits per heavy atom. The molecule has 1 aromatic heterocycles. The summed E-state index contributed by atoms with van der Waals surface area (Å²) in [6, 6.07) is 10.8. The van der Waals surface area contributed by atoms with Crippen molar-refractivity contribution in [1.29, 1.82) is 0 Å². The highest BCUT2D eigenvalue weighted by atomic mass is 19.1. The molecule has 2 aliphatic carbocycles. The summed E-state index contributed by atoms with van der Waals surface area (Å²) in [5, 5.41) is 19.2. The molecular weight excluding hydrogens is 473 g/mol. The van der Waals surface area contributed by atoms with Gasteiger partial charge in [0.05, 0.1) is 18.1 Å². The molecule has 0 saturated heterocycles. The molecule has 3 atom stereocenters. The molecule has 0 amide bonds. The van der Waals surface area contributed by atoms with Gasteiger partial charge in [0, 0.05) is 30.2 Å². The highest BCUT2D eigenvalue weighted by Crippen LogP contribution is 2.61. The molecule has 5 rings (SSSR count). The van der Waals surface area contributed by atoms with Crippen molar-refractivity contribution < 1.29 is 28.9 Å². The molecular formula is C30H32FNO5. The van der Waals surface area contributed by atoms with Crippen molar-refractivity contribution in [1.82, 2.24) is 4.98 Å². The normalized spacial score (nSPS) is 19.8. The van der Waals surface area contributed by atoms with Gasteiger partial charge in [0.15, 0.2) is 0 Å². The molecule has 1 heterocycles. The first-order valence-electron chi connectivity index (χ1n) is 12.6. The minimum atomic E-state index is -0.782. The Morgan fingerprint density at radius 2 is 1.86 bits per heavy atom. The molecule has 3 aromatic rings. The smallest absolute Gasteiger partial charge is 0.307 e. The van der Waals surface area contributed by atoms with Crippen LogP contribution in [0.1, 0.15) is 54.0 Å². The number of ether oxygens (including phenoxy) is 2. The summed E-state index contributed by atoms with van der Waals surface area (Å²) in [6.45, 7) is 7.96. The lowest BCUT2D eigenvalue weighted by Crippen LogP contribution is -2.21. The van der Waals surface area contributed by atoms with Crippen LogP contribution in [0.25, 0.3) is 11.1 Å². The second-order valence-electron chi connectivity index (χ2n) is 10.9. The number of carbonyl (C=O) groups is 1. The Hall–Kier alpha value is -3.45. The molecule has 0 aliphatic heterocycles. The molecule has 37 heavy (non-hydrogen) atoms. The maximum Gasteiger partial charge on any atom is 0.307 e. The van der Waals surface area contributed by atoms with Crippen LogP contribution in [-0.4, -0.2) is 33.4 Å². The van der Waals surface area contributed by atoms with E-state index >= 15 is 0 Å². The number of rotatable bonds is 9. The first kappa shape index (κ1) is 25.2. The van der Waals surface area contributed by atoms with Gasteiger partial charge in [0.25, 0.3) is 0 Å². The monoisotopic (exact) mass is 505 g/mol. The predicted octanol–water partition coefficient (Wildman–Crippen LogP) is 5.59. The maximum atomic E-state index is 14.7. The molecule has 6 nitrogen and oxygen atoms in total. The third-order valence-electron chi connectivity index (χ3n) is 7.47. The van der Waals surface area contributed by atoms with Gasteiger partial charge in [-0.3, -0.25) is 4.79 Å². The Labute approximate surface area is 216 Å². The topological polar surface area (TPSA) is 88.9 Å². The van der Waals surface area contributed by atoms with E-state index < -0.39 is 11.6 Å². The van der Waals surface area contributed by atoms with Crippen LogP contribution in [0.2, 0.25) is 0 Å². The van der Waals surface area contributed by atoms with Crippen molar-refractivity contribution in [3.63, 3.8) is 0 Å². The number of aromatic nitrogens is 1. The number of carboxylic acid groups (broad SMARTS) is 1. The fraction of sp³-hybridized carbons (Fsp3) is 0.400. The summed E-state index contributed by atoms with van der Waals surface area (Å²) in [6.07, 6.45) is 2.95. The van der Waals surface area contributed by atoms with Gasteiger partial charge >= 0.3 is 5.97 Å². The van der Waals surface area contributed by atoms with Gasteiger partial charge in [-0.25, -0.2) is 9.37 Å². The van der Waals surface area contributed by atoms with Crippen LogP contribution >= 0.6 is 0 Å². The molecule has 2 N–H and O–H groups in total. The number of nitrogens with zero attached hydrogens (tertiary/aromatic N) is 1. The number of hydrogen-bond acceptors (Lipinski definition) is 5. The first-order chi connectivity index (χ1) is 17.5. The summed E-state index contributed by atoms with van der Waals surface area (Å²) in [7, 11) is 0. The van der Waals surface area contributed by atoms with E-state index in [0.29, 0.717) is 24.5 Å². The van der Waals surface area contributed by atoms with E-state index in [9.17, 15) is 19.4 Å². The van der Waals surface area contributed by atoms with Crippen LogP contribution in [0.3, 0.4) is 0 Å². The van der Waals surface area contributed by atoms with Crippen LogP contribution in [-0.2, 0) is 17.8 Å². The Bertz CT molecular complexity index is 1340. The number of aliphatic hydroxyl groups is 1. The third-order valence-corrected chi connectivity index (χ3v) is 7.47. The molecule has 0 bridgehead atoms. The average Bonchev–Trinajstić information content (AvgIpc) is 3.40. The zero-order valence-corrected chi connectivity index (χ0v) is 21.5. The lowest BCUT2D eigenvalue weighted by atomic mass is 9.94. The summed E-state index contributed by atoms with van der Waals surface area (Å²) < 4.78 is 26.4. The molecule has 1 saturated carbocycles. The molecule has 0 radical (unpaired) electrons. The average molecular weight is 506 g/mol. The van der Waals surface area contributed by atoms with Crippen molar-refractivity contribution >= 4 is 5.97 Å². The van der Waals surface area contributed by atoms with E-state index in [2.05, 4.69) is 4.98 Å². The van der Waals surface area contributed by atoms with Crippen LogP contribution in [0.15, 0.2) is 42.6 Å². The van der Waals surface area contributed by atoms with Gasteiger partial charge in [0.2, 0.25) is 5.88 Å². The molecule has 194 valence electrons. The van der Waals surface area contributed by atoms with E-state index in [1.54, 1.807) is 32.2 Å². The van der Waals surface area contributed by atoms with Gasteiger partial charge in [-0.05, 0) is 97.7 Å². The molecule has 2 aliphatic rings. The largest absolute Gasteiger partial charge is 0.493 e. The Balaban J connectivity index is 1.29. The number of hydrogen-bond donors (Lipinski definition) is 2. The first-order valence-corrected chi connectivity index (χ1v) is 12.6. The minimum absolute atomic E-state index is 0.0340. The standard InChI is InChI=1S/C30H32FNO5/c1-16-9-21(36-8-7-30(3,4)35)10-17(2)26(16)18-5-6-24(31)20(11-18)15-37-25-13-19-12-22-27(23(19)14-32-25)28(22)29(33)34/h5-6,9-11,13-14,22,27-28,35H,7-8,12,15H2,1-4H3,(H,33,34)/t22-,27-,28+/m1/s1. The zero-order chi connectivity index (χ0) is 26.5. The number of halogens is 1. The number of benzene rings is 2. The van der Waals surface area contributed by atoms with Gasteiger partial charge in [-0.1, -0.05) is 6.07 Å². The molecule has 2 aromatic carbocycles. The molecule has 7 heteroatoms. The van der Waals surface area contributed by atoms with E-state index in [4.69, 9.17) is 9.47 Å². The number of pyridine rings is 1. The number of aliphatic carboxylic acids is 1. The minimum Gasteiger partial charge on any atom is -0.493 e. The predicted molar refractivity (Wildman–Crippen MR) is 137 cm³/mol. The van der Waals surface area contributed by atoms with Crippen molar-refractivity contribution in [3.05, 3.63) is 76.2 Å². The van der Waals surface area contributed by atoms with Crippen LogP contribution < -0.4 is 9.47 Å². The summed E-state index contributed by atoms with van der Waals surface area (Å²) in [4.78, 5) is 15.7. The maximum absolute atomic E-state index is 14.7. The lowest BCUT2D eigenvalue weighted by molar-refractivity contribution is -0.139. The van der Waals surface area contributed by atoms with E-state index in [-0.39, 0.29) is 30.2 Å². The van der Waals surface area contributed by atoms with Gasteiger partial charge in [0.1, 0.15) is 18.2 Å². The van der Waals surface area contributed by atoms with E-state index in [1.165, 1.54) is 6.07 Å². The Morgan fingerprint density at radius 1 is 1.14 bits per heavy atom. The SMILES string of the molecule is Cc1cc(OCCC(C)(C)O)cc(C)c1-c1ccc(F)c(COc2cc3c(cn2)[C@H]2[C@@H](C3)[C@@H]2C(=O)O)c1. The van der Waals surface area contributed by atoms with Crippen molar-refractivity contribution in [3.8, 4) is 22.8 Å². The summed E-state index contributed by atoms with van der Waals surface area (Å²) in [5.74, 6) is -0.0121. The number of carboxylic acids is 1. The van der Waals surface area contributed by atoms with Crippen LogP contribution in [0, 0.1) is 31.5 Å². The number of fused-ring (bicyclic) bond motifs is 3. The fourth-order valence-electron chi connectivity index (χ4n) is 5.56. The van der Waals surface area contributed by atoms with E-state index in [0.717, 1.165) is 45.6 Å². The Kier molecular flexibility index (Phi) is 6.44. The number of aryl methyl sites for hydroxylation is 2. The van der Waals surface area contributed by atoms with Crippen LogP contribution in [0.5, 0.6) is 11.6 Å². The molecule has 0 spiro atoms. The fourth-order valence-corrected chi connectivity index (χ4v) is 5.56. The van der Waals surface area contributed by atoms with Crippen molar-refractivity contribution in [2.75, 3.05) is 6.61 Å². The highest BCUT2D eigenvalue weighted by Gasteiger charge is 2.59. The second-order valence-corrected chi connectivity index (χ2v) is 10.9. The van der Waals surface area contributed by atoms with Crippen molar-refractivity contribution in [2.24, 2.45) is 11.8 Å². The molecule has 1 fully saturated rings. The van der Waals surface area contributed by atoms with Gasteiger partial charge < -0.3 is 19.7 Å². The van der Waals surface area contributed by atoms with Gasteiger partial charge in [-0.15, -0.1) is 0 Å². The second kappa shape index (κ2) is 9.45. The molecule has 0 unspecified atom stereocenters. The quantitative estimate of drug-likeness (QED) is 0.394. The van der Waals surface area contributed by atoms with E-state index in [1.807, 2.05) is 32.0 Å². The highest BCUT2D eigenvalue weighted by molar-refractivity contribution is 5.77. The lowest BCUT2D eigenvalue weighted by Gasteiger charge is -2.18. The summed E-state index contributed by atoms with van der Waals surface area (Å²) >= 11 is 0. The van der Waals surface area contributed by atoms with Crippen LogP contribution in [0.4, 0.5) is 4.39 Å². The summed E-state index contributed by atoms with van der Waals surface area (Å²) in [5.41, 5.74) is 5.64. The zero-order valence-electron chi connectivity index (χ0n) is 21.5. The van der Waals surface area contributed by atoms with Gasteiger partial charge in [-0.2, -0.15) is 0 Å². The third kappa shape index (κ3) is 5.18. The van der Waals surface area contributed by atoms with Crippen molar-refractivity contribution in [2.45, 2.75) is 58.7 Å².